The molecule has 0 radical (unpaired) electrons. The first kappa shape index (κ1) is 18.5. The van der Waals surface area contributed by atoms with E-state index < -0.39 is 27.4 Å². The number of sulfonamides is 1. The Balaban J connectivity index is 1.77. The summed E-state index contributed by atoms with van der Waals surface area (Å²) in [5.41, 5.74) is 0.642. The third-order valence-electron chi connectivity index (χ3n) is 4.22. The Morgan fingerprint density at radius 3 is 2.50 bits per heavy atom. The van der Waals surface area contributed by atoms with Crippen molar-refractivity contribution in [2.24, 2.45) is 0 Å². The van der Waals surface area contributed by atoms with Crippen molar-refractivity contribution < 1.29 is 27.4 Å². The number of halogens is 1. The van der Waals surface area contributed by atoms with Gasteiger partial charge in [0.25, 0.3) is 0 Å². The van der Waals surface area contributed by atoms with Crippen LogP contribution in [0, 0.1) is 5.82 Å². The fourth-order valence-electron chi connectivity index (χ4n) is 2.79. The minimum absolute atomic E-state index is 0.0971. The molecule has 1 unspecified atom stereocenters. The predicted octanol–water partition coefficient (Wildman–Crippen LogP) is 2.65. The highest BCUT2D eigenvalue weighted by atomic mass is 32.2. The number of benzene rings is 2. The molecule has 3 rings (SSSR count). The van der Waals surface area contributed by atoms with Crippen molar-refractivity contribution in [1.82, 2.24) is 4.72 Å². The van der Waals surface area contributed by atoms with Crippen molar-refractivity contribution in [3.05, 3.63) is 53.8 Å². The van der Waals surface area contributed by atoms with E-state index >= 15 is 0 Å². The van der Waals surface area contributed by atoms with Gasteiger partial charge in [0.05, 0.1) is 16.6 Å². The minimum atomic E-state index is -3.66. The van der Waals surface area contributed by atoms with Gasteiger partial charge in [0.1, 0.15) is 5.82 Å². The Labute approximate surface area is 150 Å². The molecule has 1 fully saturated rings. The standard InChI is InChI=1S/C18H18FNO5S/c19-17-8-5-13(10-16(17)18(21)22)12-3-6-15(7-4-12)26(23,24)20-11-14-2-1-9-25-14/h3-8,10,14,20H,1-2,9,11H2,(H,21,22). The molecule has 0 spiro atoms. The lowest BCUT2D eigenvalue weighted by atomic mass is 10.0. The second-order valence-electron chi connectivity index (χ2n) is 6.01. The van der Waals surface area contributed by atoms with Crippen molar-refractivity contribution in [2.45, 2.75) is 23.8 Å². The van der Waals surface area contributed by atoms with Gasteiger partial charge in [-0.1, -0.05) is 18.2 Å². The number of aromatic carboxylic acids is 1. The molecule has 2 aromatic rings. The van der Waals surface area contributed by atoms with Crippen LogP contribution in [0.4, 0.5) is 4.39 Å². The molecule has 1 saturated heterocycles. The van der Waals surface area contributed by atoms with E-state index in [9.17, 15) is 17.6 Å². The molecule has 2 N–H and O–H groups in total. The van der Waals surface area contributed by atoms with E-state index in [-0.39, 0.29) is 17.5 Å². The van der Waals surface area contributed by atoms with E-state index in [1.54, 1.807) is 12.1 Å². The largest absolute Gasteiger partial charge is 0.478 e. The molecule has 1 aliphatic rings. The van der Waals surface area contributed by atoms with Crippen molar-refractivity contribution in [1.29, 1.82) is 0 Å². The van der Waals surface area contributed by atoms with Crippen LogP contribution < -0.4 is 4.72 Å². The van der Waals surface area contributed by atoms with Gasteiger partial charge in [-0.3, -0.25) is 0 Å². The van der Waals surface area contributed by atoms with E-state index in [1.807, 2.05) is 0 Å². The van der Waals surface area contributed by atoms with Gasteiger partial charge in [0.2, 0.25) is 10.0 Å². The van der Waals surface area contributed by atoms with Crippen LogP contribution in [-0.2, 0) is 14.8 Å². The highest BCUT2D eigenvalue weighted by molar-refractivity contribution is 7.89. The van der Waals surface area contributed by atoms with Gasteiger partial charge in [-0.05, 0) is 48.2 Å². The Morgan fingerprint density at radius 2 is 1.88 bits per heavy atom. The zero-order valence-corrected chi connectivity index (χ0v) is 14.6. The molecule has 0 saturated carbocycles. The van der Waals surface area contributed by atoms with Gasteiger partial charge in [-0.2, -0.15) is 0 Å². The number of carboxylic acid groups (broad SMARTS) is 1. The molecule has 8 heteroatoms. The van der Waals surface area contributed by atoms with Crippen LogP contribution in [0.5, 0.6) is 0 Å². The molecule has 0 amide bonds. The molecule has 0 bridgehead atoms. The maximum atomic E-state index is 13.5. The molecule has 0 aromatic heterocycles. The van der Waals surface area contributed by atoms with Crippen molar-refractivity contribution in [2.75, 3.05) is 13.2 Å². The highest BCUT2D eigenvalue weighted by Crippen LogP contribution is 2.24. The minimum Gasteiger partial charge on any atom is -0.478 e. The molecular weight excluding hydrogens is 361 g/mol. The Hall–Kier alpha value is -2.29. The summed E-state index contributed by atoms with van der Waals surface area (Å²) >= 11 is 0. The third-order valence-corrected chi connectivity index (χ3v) is 5.66. The predicted molar refractivity (Wildman–Crippen MR) is 93.0 cm³/mol. The molecule has 138 valence electrons. The first-order chi connectivity index (χ1) is 12.4. The number of nitrogens with one attached hydrogen (secondary N) is 1. The van der Waals surface area contributed by atoms with Crippen molar-refractivity contribution in [3.8, 4) is 11.1 Å². The Kier molecular flexibility index (Phi) is 5.36. The summed E-state index contributed by atoms with van der Waals surface area (Å²) in [5.74, 6) is -2.18. The summed E-state index contributed by atoms with van der Waals surface area (Å²) in [4.78, 5) is 11.1. The summed E-state index contributed by atoms with van der Waals surface area (Å²) < 4.78 is 46.1. The molecule has 26 heavy (non-hydrogen) atoms. The van der Waals surface area contributed by atoms with Crippen LogP contribution in [0.1, 0.15) is 23.2 Å². The molecule has 1 heterocycles. The van der Waals surface area contributed by atoms with E-state index in [2.05, 4.69) is 4.72 Å². The molecule has 2 aromatic carbocycles. The van der Waals surface area contributed by atoms with Gasteiger partial charge in [0.15, 0.2) is 0 Å². The van der Waals surface area contributed by atoms with E-state index in [0.717, 1.165) is 18.9 Å². The monoisotopic (exact) mass is 379 g/mol. The van der Waals surface area contributed by atoms with Gasteiger partial charge in [-0.25, -0.2) is 22.3 Å². The van der Waals surface area contributed by atoms with Crippen LogP contribution in [0.2, 0.25) is 0 Å². The molecular formula is C18H18FNO5S. The van der Waals surface area contributed by atoms with E-state index in [4.69, 9.17) is 9.84 Å². The first-order valence-electron chi connectivity index (χ1n) is 8.11. The lowest BCUT2D eigenvalue weighted by Crippen LogP contribution is -2.31. The maximum Gasteiger partial charge on any atom is 0.338 e. The SMILES string of the molecule is O=C(O)c1cc(-c2ccc(S(=O)(=O)NCC3CCCO3)cc2)ccc1F. The van der Waals surface area contributed by atoms with Crippen molar-refractivity contribution in [3.63, 3.8) is 0 Å². The van der Waals surface area contributed by atoms with Crippen LogP contribution in [0.25, 0.3) is 11.1 Å². The van der Waals surface area contributed by atoms with E-state index in [1.165, 1.54) is 24.3 Å². The fraction of sp³-hybridized carbons (Fsp3) is 0.278. The molecule has 1 atom stereocenters. The zero-order valence-electron chi connectivity index (χ0n) is 13.8. The smallest absolute Gasteiger partial charge is 0.338 e. The van der Waals surface area contributed by atoms with Crippen molar-refractivity contribution >= 4 is 16.0 Å². The fourth-order valence-corrected chi connectivity index (χ4v) is 3.85. The van der Waals surface area contributed by atoms with Crippen LogP contribution >= 0.6 is 0 Å². The molecule has 6 nitrogen and oxygen atoms in total. The third kappa shape index (κ3) is 4.09. The number of hydrogen-bond donors (Lipinski definition) is 2. The van der Waals surface area contributed by atoms with Crippen LogP contribution in [0.15, 0.2) is 47.4 Å². The van der Waals surface area contributed by atoms with Gasteiger partial charge in [-0.15, -0.1) is 0 Å². The van der Waals surface area contributed by atoms with Gasteiger partial charge >= 0.3 is 5.97 Å². The number of rotatable bonds is 6. The summed E-state index contributed by atoms with van der Waals surface area (Å²) in [6.45, 7) is 0.876. The average Bonchev–Trinajstić information content (AvgIpc) is 3.14. The lowest BCUT2D eigenvalue weighted by Gasteiger charge is -2.12. The Morgan fingerprint density at radius 1 is 1.19 bits per heavy atom. The highest BCUT2D eigenvalue weighted by Gasteiger charge is 2.20. The normalized spacial score (nSPS) is 17.3. The zero-order chi connectivity index (χ0) is 18.7. The van der Waals surface area contributed by atoms with Crippen LogP contribution in [0.3, 0.4) is 0 Å². The lowest BCUT2D eigenvalue weighted by molar-refractivity contribution is 0.0692. The number of hydrogen-bond acceptors (Lipinski definition) is 4. The van der Waals surface area contributed by atoms with Crippen LogP contribution in [-0.4, -0.2) is 38.7 Å². The summed E-state index contributed by atoms with van der Waals surface area (Å²) in [6, 6.07) is 9.71. The number of ether oxygens (including phenoxy) is 1. The second-order valence-corrected chi connectivity index (χ2v) is 7.78. The summed E-state index contributed by atoms with van der Waals surface area (Å²) in [5, 5.41) is 9.00. The Bertz CT molecular complexity index is 906. The summed E-state index contributed by atoms with van der Waals surface area (Å²) in [7, 11) is -3.66. The molecule has 0 aliphatic carbocycles. The summed E-state index contributed by atoms with van der Waals surface area (Å²) in [6.07, 6.45) is 1.66. The second kappa shape index (κ2) is 7.53. The quantitative estimate of drug-likeness (QED) is 0.805. The number of carboxylic acids is 1. The van der Waals surface area contributed by atoms with E-state index in [0.29, 0.717) is 17.7 Å². The maximum absolute atomic E-state index is 13.5. The van der Waals surface area contributed by atoms with Gasteiger partial charge in [0, 0.05) is 13.2 Å². The average molecular weight is 379 g/mol. The first-order valence-corrected chi connectivity index (χ1v) is 9.60. The molecule has 1 aliphatic heterocycles. The van der Waals surface area contributed by atoms with Gasteiger partial charge < -0.3 is 9.84 Å². The topological polar surface area (TPSA) is 92.7 Å². The number of carbonyl (C=O) groups is 1.